The quantitative estimate of drug-likeness (QED) is 0.882. The van der Waals surface area contributed by atoms with Crippen LogP contribution >= 0.6 is 11.3 Å². The summed E-state index contributed by atoms with van der Waals surface area (Å²) in [5.74, 6) is 0. The molecule has 17 heavy (non-hydrogen) atoms. The Labute approximate surface area is 106 Å². The summed E-state index contributed by atoms with van der Waals surface area (Å²) in [6, 6.07) is 4.42. The zero-order valence-electron chi connectivity index (χ0n) is 10.7. The van der Waals surface area contributed by atoms with Crippen LogP contribution in [0.1, 0.15) is 27.9 Å². The highest BCUT2D eigenvalue weighted by Gasteiger charge is 2.05. The van der Waals surface area contributed by atoms with E-state index >= 15 is 0 Å². The van der Waals surface area contributed by atoms with Gasteiger partial charge in [-0.25, -0.2) is 0 Å². The van der Waals surface area contributed by atoms with Gasteiger partial charge in [-0.1, -0.05) is 6.92 Å². The molecule has 2 aromatic rings. The molecule has 1 N–H and O–H groups in total. The van der Waals surface area contributed by atoms with E-state index in [2.05, 4.69) is 42.6 Å². The van der Waals surface area contributed by atoms with E-state index in [9.17, 15) is 0 Å². The van der Waals surface area contributed by atoms with E-state index < -0.39 is 0 Å². The van der Waals surface area contributed by atoms with E-state index in [1.165, 1.54) is 15.3 Å². The van der Waals surface area contributed by atoms with Gasteiger partial charge in [0.25, 0.3) is 0 Å². The van der Waals surface area contributed by atoms with E-state index in [-0.39, 0.29) is 0 Å². The van der Waals surface area contributed by atoms with Crippen LogP contribution in [0, 0.1) is 6.92 Å². The molecule has 2 heterocycles. The number of thiophene rings is 1. The number of nitrogens with one attached hydrogen (secondary N) is 1. The highest BCUT2D eigenvalue weighted by atomic mass is 32.1. The number of aromatic nitrogens is 2. The summed E-state index contributed by atoms with van der Waals surface area (Å²) >= 11 is 1.88. The summed E-state index contributed by atoms with van der Waals surface area (Å²) < 4.78 is 2.04. The lowest BCUT2D eigenvalue weighted by Crippen LogP contribution is -2.05. The van der Waals surface area contributed by atoms with Crippen molar-refractivity contribution in [2.24, 2.45) is 0 Å². The van der Waals surface area contributed by atoms with Crippen LogP contribution in [-0.2, 0) is 19.5 Å². The van der Waals surface area contributed by atoms with Gasteiger partial charge in [0.1, 0.15) is 0 Å². The second-order valence-corrected chi connectivity index (χ2v) is 5.44. The van der Waals surface area contributed by atoms with Crippen LogP contribution in [0.25, 0.3) is 0 Å². The van der Waals surface area contributed by atoms with Crippen molar-refractivity contribution >= 4 is 11.3 Å². The third-order valence-electron chi connectivity index (χ3n) is 2.80. The van der Waals surface area contributed by atoms with Gasteiger partial charge in [0.05, 0.1) is 12.2 Å². The first-order valence-electron chi connectivity index (χ1n) is 5.98. The van der Waals surface area contributed by atoms with Crippen molar-refractivity contribution in [2.45, 2.75) is 33.4 Å². The van der Waals surface area contributed by atoms with Crippen molar-refractivity contribution in [1.29, 1.82) is 0 Å². The van der Waals surface area contributed by atoms with Crippen LogP contribution in [0.3, 0.4) is 0 Å². The Morgan fingerprint density at radius 1 is 1.35 bits per heavy atom. The predicted molar refractivity (Wildman–Crippen MR) is 72.5 cm³/mol. The highest BCUT2D eigenvalue weighted by Crippen LogP contribution is 2.18. The van der Waals surface area contributed by atoms with Crippen LogP contribution in [0.2, 0.25) is 0 Å². The Balaban J connectivity index is 2.10. The molecule has 0 atom stereocenters. The Hall–Kier alpha value is -1.13. The van der Waals surface area contributed by atoms with Crippen LogP contribution < -0.4 is 5.32 Å². The maximum atomic E-state index is 4.54. The third kappa shape index (κ3) is 2.96. The number of hydrogen-bond donors (Lipinski definition) is 1. The Morgan fingerprint density at radius 2 is 2.12 bits per heavy atom. The van der Waals surface area contributed by atoms with Crippen molar-refractivity contribution in [3.05, 3.63) is 39.3 Å². The number of hydrogen-bond acceptors (Lipinski definition) is 3. The molecule has 0 saturated carbocycles. The monoisotopic (exact) mass is 249 g/mol. The maximum Gasteiger partial charge on any atom is 0.0752 e. The Bertz CT molecular complexity index is 485. The molecule has 2 rings (SSSR count). The van der Waals surface area contributed by atoms with Crippen molar-refractivity contribution < 1.29 is 0 Å². The fourth-order valence-electron chi connectivity index (χ4n) is 1.86. The van der Waals surface area contributed by atoms with E-state index in [0.29, 0.717) is 0 Å². The van der Waals surface area contributed by atoms with Crippen molar-refractivity contribution in [3.8, 4) is 0 Å². The molecule has 0 saturated heterocycles. The lowest BCUT2D eigenvalue weighted by atomic mass is 10.3. The minimum absolute atomic E-state index is 0.884. The normalized spacial score (nSPS) is 11.0. The molecule has 92 valence electrons. The molecule has 0 aliphatic heterocycles. The zero-order chi connectivity index (χ0) is 12.3. The standard InChI is InChI=1S/C13H19N3S/c1-4-12-5-6-13(17-12)9-16-8-11(7-14-3)10(2)15-16/h5-6,8,14H,4,7,9H2,1-3H3. The second-order valence-electron chi connectivity index (χ2n) is 4.19. The average Bonchev–Trinajstić information content (AvgIpc) is 2.88. The fraction of sp³-hybridized carbons (Fsp3) is 0.462. The third-order valence-corrected chi connectivity index (χ3v) is 4.01. The smallest absolute Gasteiger partial charge is 0.0752 e. The van der Waals surface area contributed by atoms with Gasteiger partial charge >= 0.3 is 0 Å². The van der Waals surface area contributed by atoms with E-state index in [0.717, 1.165) is 25.2 Å². The van der Waals surface area contributed by atoms with Gasteiger partial charge in [-0.15, -0.1) is 11.3 Å². The molecule has 4 heteroatoms. The number of nitrogens with zero attached hydrogens (tertiary/aromatic N) is 2. The van der Waals surface area contributed by atoms with E-state index in [4.69, 9.17) is 0 Å². The van der Waals surface area contributed by atoms with Gasteiger partial charge in [0.2, 0.25) is 0 Å². The van der Waals surface area contributed by atoms with Crippen LogP contribution in [0.4, 0.5) is 0 Å². The molecule has 0 aliphatic rings. The second kappa shape index (κ2) is 5.47. The fourth-order valence-corrected chi connectivity index (χ4v) is 2.81. The van der Waals surface area contributed by atoms with Crippen molar-refractivity contribution in [3.63, 3.8) is 0 Å². The summed E-state index contributed by atoms with van der Waals surface area (Å²) in [4.78, 5) is 2.82. The van der Waals surface area contributed by atoms with E-state index in [1.54, 1.807) is 0 Å². The number of aryl methyl sites for hydroxylation is 2. The largest absolute Gasteiger partial charge is 0.316 e. The van der Waals surface area contributed by atoms with Gasteiger partial charge in [0, 0.05) is 28.1 Å². The first-order valence-corrected chi connectivity index (χ1v) is 6.79. The maximum absolute atomic E-state index is 4.54. The first kappa shape index (κ1) is 12.3. The van der Waals surface area contributed by atoms with Gasteiger partial charge in [-0.05, 0) is 32.5 Å². The molecular formula is C13H19N3S. The summed E-state index contributed by atoms with van der Waals surface area (Å²) in [6.45, 7) is 6.03. The molecule has 0 unspecified atom stereocenters. The topological polar surface area (TPSA) is 29.9 Å². The van der Waals surface area contributed by atoms with Crippen molar-refractivity contribution in [1.82, 2.24) is 15.1 Å². The van der Waals surface area contributed by atoms with Gasteiger partial charge < -0.3 is 5.32 Å². The van der Waals surface area contributed by atoms with Crippen LogP contribution in [0.15, 0.2) is 18.3 Å². The zero-order valence-corrected chi connectivity index (χ0v) is 11.5. The molecule has 2 aromatic heterocycles. The average molecular weight is 249 g/mol. The minimum atomic E-state index is 0.884. The van der Waals surface area contributed by atoms with Gasteiger partial charge in [0.15, 0.2) is 0 Å². The Kier molecular flexibility index (Phi) is 3.97. The lowest BCUT2D eigenvalue weighted by molar-refractivity contribution is 0.686. The molecule has 0 spiro atoms. The first-order chi connectivity index (χ1) is 8.22. The van der Waals surface area contributed by atoms with Crippen LogP contribution in [0.5, 0.6) is 0 Å². The number of rotatable bonds is 5. The lowest BCUT2D eigenvalue weighted by Gasteiger charge is -1.97. The van der Waals surface area contributed by atoms with E-state index in [1.807, 2.05) is 23.1 Å². The van der Waals surface area contributed by atoms with Crippen molar-refractivity contribution in [2.75, 3.05) is 7.05 Å². The van der Waals surface area contributed by atoms with Gasteiger partial charge in [-0.2, -0.15) is 5.10 Å². The SMILES string of the molecule is CCc1ccc(Cn2cc(CNC)c(C)n2)s1. The molecule has 0 bridgehead atoms. The highest BCUT2D eigenvalue weighted by molar-refractivity contribution is 7.11. The summed E-state index contributed by atoms with van der Waals surface area (Å²) in [7, 11) is 1.96. The van der Waals surface area contributed by atoms with Gasteiger partial charge in [-0.3, -0.25) is 4.68 Å². The molecule has 0 aromatic carbocycles. The summed E-state index contributed by atoms with van der Waals surface area (Å²) in [5, 5.41) is 7.71. The Morgan fingerprint density at radius 3 is 2.76 bits per heavy atom. The summed E-state index contributed by atoms with van der Waals surface area (Å²) in [5.41, 5.74) is 2.39. The predicted octanol–water partition coefficient (Wildman–Crippen LogP) is 2.58. The minimum Gasteiger partial charge on any atom is -0.316 e. The molecular weight excluding hydrogens is 230 g/mol. The molecule has 0 fully saturated rings. The molecule has 0 amide bonds. The molecule has 0 radical (unpaired) electrons. The summed E-state index contributed by atoms with van der Waals surface area (Å²) in [6.07, 6.45) is 3.25. The molecule has 3 nitrogen and oxygen atoms in total. The van der Waals surface area contributed by atoms with Crippen LogP contribution in [-0.4, -0.2) is 16.8 Å². The molecule has 0 aliphatic carbocycles.